The Labute approximate surface area is 117 Å². The van der Waals surface area contributed by atoms with Crippen molar-refractivity contribution in [2.45, 2.75) is 19.8 Å². The zero-order valence-corrected chi connectivity index (χ0v) is 11.1. The maximum Gasteiger partial charge on any atom is 0.240 e. The third-order valence-corrected chi connectivity index (χ3v) is 2.94. The van der Waals surface area contributed by atoms with Gasteiger partial charge in [-0.1, -0.05) is 36.4 Å². The van der Waals surface area contributed by atoms with E-state index < -0.39 is 6.29 Å². The zero-order chi connectivity index (χ0) is 14.4. The summed E-state index contributed by atoms with van der Waals surface area (Å²) in [5.41, 5.74) is 2.97. The van der Waals surface area contributed by atoms with E-state index >= 15 is 0 Å². The van der Waals surface area contributed by atoms with Crippen molar-refractivity contribution in [2.24, 2.45) is 4.99 Å². The number of ether oxygens (including phenoxy) is 1. The van der Waals surface area contributed by atoms with Crippen LogP contribution in [0.4, 0.5) is 5.69 Å². The Hall–Kier alpha value is -2.26. The van der Waals surface area contributed by atoms with Gasteiger partial charge < -0.3 is 9.84 Å². The van der Waals surface area contributed by atoms with Crippen LogP contribution in [0.15, 0.2) is 53.5 Å². The van der Waals surface area contributed by atoms with Gasteiger partial charge in [0.25, 0.3) is 0 Å². The molecule has 2 aromatic carbocycles. The monoisotopic (exact) mass is 269 g/mol. The molecule has 0 saturated heterocycles. The molecule has 1 unspecified atom stereocenters. The minimum atomic E-state index is -1.01. The molecule has 4 heteroatoms. The van der Waals surface area contributed by atoms with E-state index in [1.54, 1.807) is 18.2 Å². The Morgan fingerprint density at radius 2 is 2.00 bits per heavy atom. The summed E-state index contributed by atoms with van der Waals surface area (Å²) in [6.07, 6.45) is 0.478. The number of aliphatic hydroxyl groups excluding tert-OH is 1. The molecule has 0 aliphatic rings. The maximum atomic E-state index is 10.2. The quantitative estimate of drug-likeness (QED) is 0.515. The lowest BCUT2D eigenvalue weighted by Crippen LogP contribution is -2.05. The first-order chi connectivity index (χ1) is 9.70. The van der Waals surface area contributed by atoms with Crippen LogP contribution >= 0.6 is 0 Å². The number of aliphatic imine (C=N–C) groups is 1. The van der Waals surface area contributed by atoms with Crippen molar-refractivity contribution in [1.29, 1.82) is 0 Å². The van der Waals surface area contributed by atoms with E-state index in [4.69, 9.17) is 4.74 Å². The number of hydrogen-bond acceptors (Lipinski definition) is 4. The van der Waals surface area contributed by atoms with Crippen molar-refractivity contribution in [3.05, 3.63) is 65.2 Å². The first kappa shape index (κ1) is 14.2. The van der Waals surface area contributed by atoms with E-state index in [2.05, 4.69) is 4.99 Å². The maximum absolute atomic E-state index is 10.2. The molecule has 2 aromatic rings. The second-order valence-electron chi connectivity index (χ2n) is 4.39. The molecule has 1 atom stereocenters. The van der Waals surface area contributed by atoms with E-state index in [0.29, 0.717) is 17.9 Å². The van der Waals surface area contributed by atoms with Crippen LogP contribution in [0.5, 0.6) is 0 Å². The van der Waals surface area contributed by atoms with E-state index in [1.807, 2.05) is 37.3 Å². The number of aryl methyl sites for hydroxylation is 1. The molecule has 0 heterocycles. The predicted octanol–water partition coefficient (Wildman–Crippen LogP) is 3.17. The number of hydrogen-bond donors (Lipinski definition) is 1. The minimum Gasteiger partial charge on any atom is -0.364 e. The van der Waals surface area contributed by atoms with Gasteiger partial charge in [-0.3, -0.25) is 0 Å². The Morgan fingerprint density at radius 3 is 2.65 bits per heavy atom. The van der Waals surface area contributed by atoms with Crippen LogP contribution in [0, 0.1) is 6.92 Å². The topological polar surface area (TPSA) is 58.9 Å². The largest absolute Gasteiger partial charge is 0.364 e. The van der Waals surface area contributed by atoms with Crippen molar-refractivity contribution in [1.82, 2.24) is 0 Å². The highest BCUT2D eigenvalue weighted by Gasteiger charge is 2.11. The highest BCUT2D eigenvalue weighted by atomic mass is 16.6. The molecule has 1 N–H and O–H groups in total. The number of benzene rings is 2. The molecule has 0 aromatic heterocycles. The van der Waals surface area contributed by atoms with Gasteiger partial charge in [0.05, 0.1) is 12.3 Å². The van der Waals surface area contributed by atoms with Crippen LogP contribution in [0.25, 0.3) is 0 Å². The van der Waals surface area contributed by atoms with Crippen molar-refractivity contribution in [3.8, 4) is 0 Å². The number of carbonyl (C=O) groups excluding carboxylic acids is 1. The van der Waals surface area contributed by atoms with Gasteiger partial charge in [-0.05, 0) is 30.2 Å². The predicted molar refractivity (Wildman–Crippen MR) is 75.2 cm³/mol. The van der Waals surface area contributed by atoms with Gasteiger partial charge in [0.2, 0.25) is 6.08 Å². The average molecular weight is 269 g/mol. The van der Waals surface area contributed by atoms with Gasteiger partial charge in [-0.25, -0.2) is 4.79 Å². The molecule has 0 radical (unpaired) electrons. The first-order valence-corrected chi connectivity index (χ1v) is 6.22. The van der Waals surface area contributed by atoms with Crippen LogP contribution in [-0.2, 0) is 16.1 Å². The number of rotatable bonds is 5. The molecule has 20 heavy (non-hydrogen) atoms. The molecule has 0 bridgehead atoms. The van der Waals surface area contributed by atoms with Crippen LogP contribution in [-0.4, -0.2) is 11.2 Å². The zero-order valence-electron chi connectivity index (χ0n) is 11.1. The van der Waals surface area contributed by atoms with E-state index in [0.717, 1.165) is 11.1 Å². The molecule has 0 aliphatic heterocycles. The molecular weight excluding hydrogens is 254 g/mol. The van der Waals surface area contributed by atoms with E-state index in [-0.39, 0.29) is 0 Å². The molecule has 0 fully saturated rings. The molecule has 0 amide bonds. The lowest BCUT2D eigenvalue weighted by molar-refractivity contribution is -0.112. The summed E-state index contributed by atoms with van der Waals surface area (Å²) in [5, 5.41) is 10.1. The standard InChI is InChI=1S/C16H15NO3/c1-12-9-14(17-11-18)7-8-15(12)16(19)20-10-13-5-3-2-4-6-13/h2-9,16,19H,10H2,1H3. The van der Waals surface area contributed by atoms with Crippen molar-refractivity contribution < 1.29 is 14.6 Å². The summed E-state index contributed by atoms with van der Waals surface area (Å²) in [6, 6.07) is 14.7. The Morgan fingerprint density at radius 1 is 1.25 bits per heavy atom. The molecule has 0 aliphatic carbocycles. The van der Waals surface area contributed by atoms with Crippen molar-refractivity contribution >= 4 is 11.8 Å². The summed E-state index contributed by atoms with van der Waals surface area (Å²) in [4.78, 5) is 13.7. The van der Waals surface area contributed by atoms with Gasteiger partial charge in [0, 0.05) is 5.56 Å². The summed E-state index contributed by atoms with van der Waals surface area (Å²) < 4.78 is 5.44. The van der Waals surface area contributed by atoms with Crippen molar-refractivity contribution in [3.63, 3.8) is 0 Å². The number of aliphatic hydroxyl groups is 1. The van der Waals surface area contributed by atoms with Gasteiger partial charge >= 0.3 is 0 Å². The van der Waals surface area contributed by atoms with E-state index in [9.17, 15) is 9.90 Å². The Balaban J connectivity index is 2.05. The van der Waals surface area contributed by atoms with E-state index in [1.165, 1.54) is 6.08 Å². The average Bonchev–Trinajstić information content (AvgIpc) is 2.46. The highest BCUT2D eigenvalue weighted by molar-refractivity contribution is 5.51. The Kier molecular flexibility index (Phi) is 4.80. The molecule has 4 nitrogen and oxygen atoms in total. The normalized spacial score (nSPS) is 11.7. The summed E-state index contributed by atoms with van der Waals surface area (Å²) in [5.74, 6) is 0. The van der Waals surface area contributed by atoms with Gasteiger partial charge in [0.15, 0.2) is 6.29 Å². The first-order valence-electron chi connectivity index (χ1n) is 6.22. The van der Waals surface area contributed by atoms with Crippen molar-refractivity contribution in [2.75, 3.05) is 0 Å². The third-order valence-electron chi connectivity index (χ3n) is 2.94. The molecule has 0 saturated carbocycles. The molecule has 0 spiro atoms. The van der Waals surface area contributed by atoms with Crippen LogP contribution in [0.2, 0.25) is 0 Å². The fraction of sp³-hybridized carbons (Fsp3) is 0.188. The number of nitrogens with zero attached hydrogens (tertiary/aromatic N) is 1. The molecular formula is C16H15NO3. The third kappa shape index (κ3) is 3.62. The fourth-order valence-electron chi connectivity index (χ4n) is 1.90. The summed E-state index contributed by atoms with van der Waals surface area (Å²) >= 11 is 0. The Bertz CT molecular complexity index is 619. The van der Waals surface area contributed by atoms with Gasteiger partial charge in [-0.2, -0.15) is 4.99 Å². The SMILES string of the molecule is Cc1cc(N=C=O)ccc1C(O)OCc1ccccc1. The lowest BCUT2D eigenvalue weighted by atomic mass is 10.1. The highest BCUT2D eigenvalue weighted by Crippen LogP contribution is 2.24. The van der Waals surface area contributed by atoms with Crippen LogP contribution in [0.1, 0.15) is 23.0 Å². The van der Waals surface area contributed by atoms with Gasteiger partial charge in [0.1, 0.15) is 0 Å². The van der Waals surface area contributed by atoms with Crippen LogP contribution in [0.3, 0.4) is 0 Å². The minimum absolute atomic E-state index is 0.329. The molecule has 102 valence electrons. The second-order valence-corrected chi connectivity index (χ2v) is 4.39. The second kappa shape index (κ2) is 6.78. The fourth-order valence-corrected chi connectivity index (χ4v) is 1.90. The number of isocyanates is 1. The molecule has 2 rings (SSSR count). The van der Waals surface area contributed by atoms with Crippen LogP contribution < -0.4 is 0 Å². The summed E-state index contributed by atoms with van der Waals surface area (Å²) in [6.45, 7) is 2.16. The van der Waals surface area contributed by atoms with Gasteiger partial charge in [-0.15, -0.1) is 0 Å². The lowest BCUT2D eigenvalue weighted by Gasteiger charge is -2.15. The smallest absolute Gasteiger partial charge is 0.240 e. The summed E-state index contributed by atoms with van der Waals surface area (Å²) in [7, 11) is 0.